The van der Waals surface area contributed by atoms with Crippen LogP contribution in [-0.4, -0.2) is 51.5 Å². The number of nitrogens with one attached hydrogen (secondary N) is 1. The van der Waals surface area contributed by atoms with Gasteiger partial charge in [0.15, 0.2) is 0 Å². The fourth-order valence-electron chi connectivity index (χ4n) is 5.29. The lowest BCUT2D eigenvalue weighted by Gasteiger charge is -2.23. The molecule has 1 saturated heterocycles. The van der Waals surface area contributed by atoms with Crippen LogP contribution in [0, 0.1) is 5.92 Å². The van der Waals surface area contributed by atoms with E-state index in [0.717, 1.165) is 60.2 Å². The summed E-state index contributed by atoms with van der Waals surface area (Å²) in [5.74, 6) is -0.539. The maximum absolute atomic E-state index is 13.3. The Hall–Kier alpha value is -3.48. The van der Waals surface area contributed by atoms with E-state index in [-0.39, 0.29) is 24.2 Å². The molecular formula is C27H30N4O3. The number of aromatic nitrogens is 2. The van der Waals surface area contributed by atoms with E-state index in [1.54, 1.807) is 6.20 Å². The van der Waals surface area contributed by atoms with Crippen molar-refractivity contribution in [3.05, 3.63) is 65.5 Å². The third kappa shape index (κ3) is 4.74. The summed E-state index contributed by atoms with van der Waals surface area (Å²) in [7, 11) is 0. The van der Waals surface area contributed by atoms with E-state index < -0.39 is 5.97 Å². The van der Waals surface area contributed by atoms with Gasteiger partial charge in [0.25, 0.3) is 0 Å². The van der Waals surface area contributed by atoms with Gasteiger partial charge in [0, 0.05) is 48.7 Å². The molecule has 2 aliphatic heterocycles. The van der Waals surface area contributed by atoms with Crippen molar-refractivity contribution in [1.29, 1.82) is 0 Å². The summed E-state index contributed by atoms with van der Waals surface area (Å²) in [6, 6.07) is 14.0. The lowest BCUT2D eigenvalue weighted by Crippen LogP contribution is -2.31. The summed E-state index contributed by atoms with van der Waals surface area (Å²) in [6.07, 6.45) is 6.21. The zero-order chi connectivity index (χ0) is 23.5. The molecule has 176 valence electrons. The molecule has 0 spiro atoms. The number of pyridine rings is 2. The molecule has 0 radical (unpaired) electrons. The van der Waals surface area contributed by atoms with Gasteiger partial charge in [-0.05, 0) is 61.4 Å². The predicted octanol–water partition coefficient (Wildman–Crippen LogP) is 4.03. The topological polar surface area (TPSA) is 95.4 Å². The third-order valence-corrected chi connectivity index (χ3v) is 7.07. The first kappa shape index (κ1) is 22.3. The second kappa shape index (κ2) is 9.79. The number of carbonyl (C=O) groups is 2. The number of carboxylic acids is 1. The summed E-state index contributed by atoms with van der Waals surface area (Å²) in [6.45, 7) is 2.30. The summed E-state index contributed by atoms with van der Waals surface area (Å²) in [4.78, 5) is 36.1. The minimum Gasteiger partial charge on any atom is -0.481 e. The van der Waals surface area contributed by atoms with Gasteiger partial charge in [0.1, 0.15) is 5.82 Å². The highest BCUT2D eigenvalue weighted by Crippen LogP contribution is 2.36. The van der Waals surface area contributed by atoms with E-state index >= 15 is 0 Å². The molecule has 7 nitrogen and oxygen atoms in total. The summed E-state index contributed by atoms with van der Waals surface area (Å²) >= 11 is 0. The van der Waals surface area contributed by atoms with E-state index in [1.807, 2.05) is 35.2 Å². The number of rotatable bonds is 8. The van der Waals surface area contributed by atoms with Gasteiger partial charge in [-0.3, -0.25) is 14.6 Å². The normalized spacial score (nSPS) is 18.5. The van der Waals surface area contributed by atoms with Crippen molar-refractivity contribution in [3.8, 4) is 0 Å². The quantitative estimate of drug-likeness (QED) is 0.529. The molecule has 0 saturated carbocycles. The maximum atomic E-state index is 13.3. The Bertz CT molecular complexity index is 1210. The van der Waals surface area contributed by atoms with Gasteiger partial charge in [0.2, 0.25) is 5.91 Å². The van der Waals surface area contributed by atoms with Crippen LogP contribution < -0.4 is 5.32 Å². The minimum absolute atomic E-state index is 0.0551. The molecule has 1 fully saturated rings. The number of amides is 1. The van der Waals surface area contributed by atoms with Gasteiger partial charge in [0.05, 0.1) is 11.9 Å². The lowest BCUT2D eigenvalue weighted by atomic mass is 9.83. The second-order valence-electron chi connectivity index (χ2n) is 9.33. The fraction of sp³-hybridized carbons (Fsp3) is 0.407. The number of aryl methyl sites for hydroxylation is 2. The van der Waals surface area contributed by atoms with Crippen LogP contribution in [0.25, 0.3) is 10.9 Å². The molecule has 1 amide bonds. The number of likely N-dealkylation sites (tertiary alicyclic amines) is 1. The van der Waals surface area contributed by atoms with E-state index in [4.69, 9.17) is 4.98 Å². The largest absolute Gasteiger partial charge is 0.481 e. The van der Waals surface area contributed by atoms with Gasteiger partial charge in [-0.25, -0.2) is 4.98 Å². The Kier molecular flexibility index (Phi) is 6.43. The highest BCUT2D eigenvalue weighted by atomic mass is 16.4. The molecule has 34 heavy (non-hydrogen) atoms. The SMILES string of the molecule is O=C(O)CC(c1cnc2ccccc2c1)C1CCN(CCCc2ccc3c(n2)NCCC3)C1=O. The van der Waals surface area contributed by atoms with Gasteiger partial charge >= 0.3 is 5.97 Å². The molecule has 0 bridgehead atoms. The van der Waals surface area contributed by atoms with Gasteiger partial charge in [-0.2, -0.15) is 0 Å². The molecule has 0 aliphatic carbocycles. The zero-order valence-electron chi connectivity index (χ0n) is 19.2. The second-order valence-corrected chi connectivity index (χ2v) is 9.33. The van der Waals surface area contributed by atoms with Crippen molar-refractivity contribution in [2.24, 2.45) is 5.92 Å². The number of nitrogens with zero attached hydrogens (tertiary/aromatic N) is 3. The van der Waals surface area contributed by atoms with Crippen LogP contribution in [0.4, 0.5) is 5.82 Å². The molecule has 2 aliphatic rings. The number of carbonyl (C=O) groups excluding carboxylic acids is 1. The molecule has 5 rings (SSSR count). The summed E-state index contributed by atoms with van der Waals surface area (Å²) in [5.41, 5.74) is 4.01. The summed E-state index contributed by atoms with van der Waals surface area (Å²) in [5, 5.41) is 13.9. The zero-order valence-corrected chi connectivity index (χ0v) is 19.2. The van der Waals surface area contributed by atoms with Gasteiger partial charge in [-0.15, -0.1) is 0 Å². The van der Waals surface area contributed by atoms with Crippen LogP contribution >= 0.6 is 0 Å². The Balaban J connectivity index is 1.24. The Labute approximate surface area is 199 Å². The van der Waals surface area contributed by atoms with E-state index in [2.05, 4.69) is 22.4 Å². The Morgan fingerprint density at radius 2 is 2.12 bits per heavy atom. The van der Waals surface area contributed by atoms with Crippen LogP contribution in [-0.2, 0) is 22.4 Å². The van der Waals surface area contributed by atoms with Crippen molar-refractivity contribution in [2.45, 2.75) is 44.4 Å². The number of aliphatic carboxylic acids is 1. The first-order chi connectivity index (χ1) is 16.6. The lowest BCUT2D eigenvalue weighted by molar-refractivity contribution is -0.138. The average Bonchev–Trinajstić information content (AvgIpc) is 3.22. The highest BCUT2D eigenvalue weighted by Gasteiger charge is 2.38. The predicted molar refractivity (Wildman–Crippen MR) is 131 cm³/mol. The number of para-hydroxylation sites is 1. The molecule has 7 heteroatoms. The smallest absolute Gasteiger partial charge is 0.303 e. The number of hydrogen-bond donors (Lipinski definition) is 2. The molecule has 2 N–H and O–H groups in total. The molecule has 2 atom stereocenters. The van der Waals surface area contributed by atoms with Crippen molar-refractivity contribution in [3.63, 3.8) is 0 Å². The van der Waals surface area contributed by atoms with Crippen molar-refractivity contribution in [1.82, 2.24) is 14.9 Å². The molecule has 1 aromatic carbocycles. The Morgan fingerprint density at radius 1 is 1.24 bits per heavy atom. The first-order valence-corrected chi connectivity index (χ1v) is 12.2. The van der Waals surface area contributed by atoms with Crippen LogP contribution in [0.1, 0.15) is 48.4 Å². The molecule has 3 aromatic rings. The number of carboxylic acid groups (broad SMARTS) is 1. The van der Waals surface area contributed by atoms with E-state index in [0.29, 0.717) is 19.5 Å². The maximum Gasteiger partial charge on any atom is 0.303 e. The van der Waals surface area contributed by atoms with Gasteiger partial charge in [-0.1, -0.05) is 24.3 Å². The van der Waals surface area contributed by atoms with Crippen LogP contribution in [0.15, 0.2) is 48.7 Å². The minimum atomic E-state index is -0.892. The van der Waals surface area contributed by atoms with E-state index in [1.165, 1.54) is 5.56 Å². The summed E-state index contributed by atoms with van der Waals surface area (Å²) < 4.78 is 0. The van der Waals surface area contributed by atoms with Crippen molar-refractivity contribution in [2.75, 3.05) is 25.0 Å². The molecular weight excluding hydrogens is 428 g/mol. The first-order valence-electron chi connectivity index (χ1n) is 12.2. The van der Waals surface area contributed by atoms with Crippen LogP contribution in [0.3, 0.4) is 0 Å². The number of anilines is 1. The van der Waals surface area contributed by atoms with Crippen molar-refractivity contribution >= 4 is 28.6 Å². The fourth-order valence-corrected chi connectivity index (χ4v) is 5.29. The monoisotopic (exact) mass is 458 g/mol. The molecule has 2 aromatic heterocycles. The Morgan fingerprint density at radius 3 is 3.00 bits per heavy atom. The van der Waals surface area contributed by atoms with E-state index in [9.17, 15) is 14.7 Å². The highest BCUT2D eigenvalue weighted by molar-refractivity contribution is 5.84. The average molecular weight is 459 g/mol. The van der Waals surface area contributed by atoms with Crippen LogP contribution in [0.5, 0.6) is 0 Å². The van der Waals surface area contributed by atoms with Crippen LogP contribution in [0.2, 0.25) is 0 Å². The third-order valence-electron chi connectivity index (χ3n) is 7.07. The number of hydrogen-bond acceptors (Lipinski definition) is 5. The van der Waals surface area contributed by atoms with Crippen molar-refractivity contribution < 1.29 is 14.7 Å². The molecule has 2 unspecified atom stereocenters. The van der Waals surface area contributed by atoms with Gasteiger partial charge < -0.3 is 15.3 Å². The standard InChI is InChI=1S/C27H30N4O3/c32-25(33)16-23(20-15-19-5-1-2-8-24(19)29-17-20)22-11-14-31(27(22)34)13-4-7-21-10-9-18-6-3-12-28-26(18)30-21/h1-2,5,8-10,15,17,22-23H,3-4,6-7,11-14,16H2,(H,28,30)(H,32,33). The molecule has 4 heterocycles. The number of fused-ring (bicyclic) bond motifs is 2. The number of benzene rings is 1.